The molecule has 0 aliphatic heterocycles. The van der Waals surface area contributed by atoms with Crippen LogP contribution in [-0.4, -0.2) is 32.8 Å². The minimum atomic E-state index is -0.00274. The fourth-order valence-electron chi connectivity index (χ4n) is 2.36. The molecule has 0 aliphatic carbocycles. The van der Waals surface area contributed by atoms with Gasteiger partial charge in [0, 0.05) is 12.0 Å². The van der Waals surface area contributed by atoms with Gasteiger partial charge in [0.05, 0.1) is 12.8 Å². The zero-order valence-electron chi connectivity index (χ0n) is 13.7. The quantitative estimate of drug-likeness (QED) is 0.664. The van der Waals surface area contributed by atoms with Gasteiger partial charge in [-0.25, -0.2) is 0 Å². The van der Waals surface area contributed by atoms with Crippen molar-refractivity contribution in [2.75, 3.05) is 12.4 Å². The number of hydrogen-bond donors (Lipinski definition) is 1. The number of amides is 1. The topological polar surface area (TPSA) is 81.4 Å². The van der Waals surface area contributed by atoms with Crippen molar-refractivity contribution in [1.82, 2.24) is 19.8 Å². The summed E-state index contributed by atoms with van der Waals surface area (Å²) in [6.45, 7) is 2.12. The molecule has 1 aromatic carbocycles. The number of rotatable bonds is 7. The molecular weight excluding hydrogens is 326 g/mol. The SMILES string of the molecule is CCCCCC(=O)Nc1cc(-c2nn3cnnc3s2)ccc1OC. The number of fused-ring (bicyclic) bond motifs is 1. The molecule has 3 rings (SSSR count). The van der Waals surface area contributed by atoms with Crippen molar-refractivity contribution in [3.63, 3.8) is 0 Å². The smallest absolute Gasteiger partial charge is 0.234 e. The number of benzene rings is 1. The average Bonchev–Trinajstić information content (AvgIpc) is 3.16. The fourth-order valence-corrected chi connectivity index (χ4v) is 3.18. The first kappa shape index (κ1) is 16.4. The van der Waals surface area contributed by atoms with Crippen molar-refractivity contribution < 1.29 is 9.53 Å². The molecule has 7 nitrogen and oxygen atoms in total. The Kier molecular flexibility index (Phi) is 5.05. The van der Waals surface area contributed by atoms with Crippen molar-refractivity contribution >= 4 is 27.9 Å². The molecule has 0 fully saturated rings. The number of anilines is 1. The van der Waals surface area contributed by atoms with Crippen LogP contribution in [0.1, 0.15) is 32.6 Å². The largest absolute Gasteiger partial charge is 0.495 e. The number of nitrogens with one attached hydrogen (secondary N) is 1. The second-order valence-corrected chi connectivity index (χ2v) is 6.34. The summed E-state index contributed by atoms with van der Waals surface area (Å²) >= 11 is 1.44. The number of nitrogens with zero attached hydrogens (tertiary/aromatic N) is 4. The number of ether oxygens (including phenoxy) is 1. The number of hydrogen-bond acceptors (Lipinski definition) is 6. The summed E-state index contributed by atoms with van der Waals surface area (Å²) in [7, 11) is 1.59. The van der Waals surface area contributed by atoms with Gasteiger partial charge in [0.15, 0.2) is 0 Å². The molecule has 0 atom stereocenters. The molecule has 0 saturated heterocycles. The average molecular weight is 345 g/mol. The maximum absolute atomic E-state index is 12.1. The molecule has 0 saturated carbocycles. The Hall–Kier alpha value is -2.48. The zero-order valence-corrected chi connectivity index (χ0v) is 14.5. The third kappa shape index (κ3) is 3.53. The van der Waals surface area contributed by atoms with E-state index in [4.69, 9.17) is 4.74 Å². The molecular formula is C16H19N5O2S. The molecule has 0 bridgehead atoms. The molecule has 2 aromatic heterocycles. The number of carbonyl (C=O) groups excluding carboxylic acids is 1. The fraction of sp³-hybridized carbons (Fsp3) is 0.375. The normalized spacial score (nSPS) is 10.9. The van der Waals surface area contributed by atoms with Crippen molar-refractivity contribution in [2.45, 2.75) is 32.6 Å². The summed E-state index contributed by atoms with van der Waals surface area (Å²) in [5.41, 5.74) is 1.55. The van der Waals surface area contributed by atoms with Crippen LogP contribution in [0.4, 0.5) is 5.69 Å². The van der Waals surface area contributed by atoms with Crippen LogP contribution in [0.15, 0.2) is 24.5 Å². The molecule has 3 aromatic rings. The van der Waals surface area contributed by atoms with Crippen molar-refractivity contribution in [3.8, 4) is 16.3 Å². The molecule has 0 unspecified atom stereocenters. The van der Waals surface area contributed by atoms with Crippen LogP contribution in [0.2, 0.25) is 0 Å². The third-order valence-electron chi connectivity index (χ3n) is 3.61. The molecule has 0 aliphatic rings. The van der Waals surface area contributed by atoms with Gasteiger partial charge in [-0.05, 0) is 24.6 Å². The first-order chi connectivity index (χ1) is 11.7. The van der Waals surface area contributed by atoms with Gasteiger partial charge in [0.2, 0.25) is 10.9 Å². The van der Waals surface area contributed by atoms with Gasteiger partial charge >= 0.3 is 0 Å². The van der Waals surface area contributed by atoms with Crippen molar-refractivity contribution in [1.29, 1.82) is 0 Å². The van der Waals surface area contributed by atoms with E-state index in [2.05, 4.69) is 27.5 Å². The lowest BCUT2D eigenvalue weighted by molar-refractivity contribution is -0.116. The number of aromatic nitrogens is 4. The van der Waals surface area contributed by atoms with Gasteiger partial charge in [-0.3, -0.25) is 4.79 Å². The summed E-state index contributed by atoms with van der Waals surface area (Å²) in [6.07, 6.45) is 5.11. The highest BCUT2D eigenvalue weighted by Gasteiger charge is 2.13. The van der Waals surface area contributed by atoms with E-state index in [1.165, 1.54) is 11.3 Å². The highest BCUT2D eigenvalue weighted by Crippen LogP contribution is 2.32. The van der Waals surface area contributed by atoms with Crippen LogP contribution in [0.25, 0.3) is 15.5 Å². The van der Waals surface area contributed by atoms with Crippen LogP contribution in [-0.2, 0) is 4.79 Å². The monoisotopic (exact) mass is 345 g/mol. The standard InChI is InChI=1S/C16H19N5O2S/c1-3-4-5-6-14(22)18-12-9-11(7-8-13(12)23-2)15-20-21-10-17-19-16(21)24-15/h7-10H,3-6H2,1-2H3,(H,18,22). The Balaban J connectivity index is 1.82. The lowest BCUT2D eigenvalue weighted by atomic mass is 10.1. The maximum atomic E-state index is 12.1. The predicted molar refractivity (Wildman–Crippen MR) is 93.4 cm³/mol. The zero-order chi connectivity index (χ0) is 16.9. The number of unbranched alkanes of at least 4 members (excludes halogenated alkanes) is 2. The summed E-state index contributed by atoms with van der Waals surface area (Å²) in [4.78, 5) is 12.8. The van der Waals surface area contributed by atoms with E-state index in [9.17, 15) is 4.79 Å². The van der Waals surface area contributed by atoms with Gasteiger partial charge in [0.25, 0.3) is 0 Å². The maximum Gasteiger partial charge on any atom is 0.234 e. The third-order valence-corrected chi connectivity index (χ3v) is 4.58. The summed E-state index contributed by atoms with van der Waals surface area (Å²) in [5.74, 6) is 0.627. The molecule has 1 N–H and O–H groups in total. The Bertz CT molecular complexity index is 813. The van der Waals surface area contributed by atoms with Crippen LogP contribution >= 0.6 is 11.3 Å². The van der Waals surface area contributed by atoms with Gasteiger partial charge in [0.1, 0.15) is 17.1 Å². The van der Waals surface area contributed by atoms with Crippen molar-refractivity contribution in [2.24, 2.45) is 0 Å². The number of carbonyl (C=O) groups is 1. The van der Waals surface area contributed by atoms with E-state index in [-0.39, 0.29) is 5.91 Å². The minimum Gasteiger partial charge on any atom is -0.495 e. The van der Waals surface area contributed by atoms with E-state index >= 15 is 0 Å². The second-order valence-electron chi connectivity index (χ2n) is 5.39. The molecule has 8 heteroatoms. The van der Waals surface area contributed by atoms with Crippen LogP contribution < -0.4 is 10.1 Å². The van der Waals surface area contributed by atoms with E-state index in [1.54, 1.807) is 18.0 Å². The van der Waals surface area contributed by atoms with Gasteiger partial charge in [-0.1, -0.05) is 31.1 Å². The molecule has 2 heterocycles. The molecule has 0 radical (unpaired) electrons. The Morgan fingerprint density at radius 3 is 3.00 bits per heavy atom. The van der Waals surface area contributed by atoms with Crippen molar-refractivity contribution in [3.05, 3.63) is 24.5 Å². The Morgan fingerprint density at radius 2 is 2.25 bits per heavy atom. The van der Waals surface area contributed by atoms with Crippen LogP contribution in [0.3, 0.4) is 0 Å². The Labute approximate surface area is 143 Å². The lowest BCUT2D eigenvalue weighted by Crippen LogP contribution is -2.12. The molecule has 0 spiro atoms. The molecule has 1 amide bonds. The molecule has 126 valence electrons. The second kappa shape index (κ2) is 7.39. The van der Waals surface area contributed by atoms with E-state index in [0.717, 1.165) is 34.8 Å². The van der Waals surface area contributed by atoms with E-state index in [0.29, 0.717) is 17.9 Å². The predicted octanol–water partition coefficient (Wildman–Crippen LogP) is 3.38. The summed E-state index contributed by atoms with van der Waals surface area (Å²) < 4.78 is 6.98. The lowest BCUT2D eigenvalue weighted by Gasteiger charge is -2.11. The van der Waals surface area contributed by atoms with E-state index in [1.807, 2.05) is 18.2 Å². The minimum absolute atomic E-state index is 0.00274. The summed E-state index contributed by atoms with van der Waals surface area (Å²) in [6, 6.07) is 5.62. The van der Waals surface area contributed by atoms with Gasteiger partial charge < -0.3 is 10.1 Å². The van der Waals surface area contributed by atoms with Gasteiger partial charge in [-0.2, -0.15) is 9.61 Å². The number of methoxy groups -OCH3 is 1. The summed E-state index contributed by atoms with van der Waals surface area (Å²) in [5, 5.41) is 16.0. The van der Waals surface area contributed by atoms with Crippen LogP contribution in [0, 0.1) is 0 Å². The highest BCUT2D eigenvalue weighted by molar-refractivity contribution is 7.19. The molecule has 24 heavy (non-hydrogen) atoms. The van der Waals surface area contributed by atoms with E-state index < -0.39 is 0 Å². The van der Waals surface area contributed by atoms with Gasteiger partial charge in [-0.15, -0.1) is 10.2 Å². The first-order valence-corrected chi connectivity index (χ1v) is 8.68. The highest BCUT2D eigenvalue weighted by atomic mass is 32.1. The Morgan fingerprint density at radius 1 is 1.38 bits per heavy atom. The van der Waals surface area contributed by atoms with Crippen LogP contribution in [0.5, 0.6) is 5.75 Å². The first-order valence-electron chi connectivity index (χ1n) is 7.86.